The molecule has 2 atom stereocenters. The van der Waals surface area contributed by atoms with Crippen molar-refractivity contribution in [1.82, 2.24) is 5.32 Å². The molecule has 1 aromatic carbocycles. The van der Waals surface area contributed by atoms with Gasteiger partial charge in [0, 0.05) is 0 Å². The van der Waals surface area contributed by atoms with E-state index in [0.29, 0.717) is 5.92 Å². The fraction of sp³-hybridized carbons (Fsp3) is 0.571. The highest BCUT2D eigenvalue weighted by Gasteiger charge is 2.50. The Hall–Kier alpha value is -0.890. The molecule has 0 aliphatic heterocycles. The number of rotatable bonds is 4. The van der Waals surface area contributed by atoms with Crippen LogP contribution in [-0.2, 0) is 5.41 Å². The summed E-state index contributed by atoms with van der Waals surface area (Å²) in [7, 11) is 0. The molecule has 0 aromatic heterocycles. The van der Waals surface area contributed by atoms with E-state index in [0.717, 1.165) is 24.2 Å². The molecule has 1 saturated carbocycles. The second kappa shape index (κ2) is 4.17. The van der Waals surface area contributed by atoms with Gasteiger partial charge in [0.15, 0.2) is 0 Å². The van der Waals surface area contributed by atoms with E-state index in [4.69, 9.17) is 0 Å². The molecule has 1 aliphatic carbocycles. The fourth-order valence-electron chi connectivity index (χ4n) is 2.37. The summed E-state index contributed by atoms with van der Waals surface area (Å²) in [6.07, 6.45) is 1.17. The molecule has 88 valence electrons. The second-order valence-corrected chi connectivity index (χ2v) is 5.09. The summed E-state index contributed by atoms with van der Waals surface area (Å²) >= 11 is 0. The van der Waals surface area contributed by atoms with Crippen LogP contribution in [0.25, 0.3) is 0 Å². The van der Waals surface area contributed by atoms with Crippen LogP contribution in [0.3, 0.4) is 0 Å². The van der Waals surface area contributed by atoms with Gasteiger partial charge in [-0.15, -0.1) is 0 Å². The third kappa shape index (κ3) is 1.99. The van der Waals surface area contributed by atoms with E-state index in [-0.39, 0.29) is 11.2 Å². The Morgan fingerprint density at radius 2 is 2.25 bits per heavy atom. The predicted molar refractivity (Wildman–Crippen MR) is 65.1 cm³/mol. The molecule has 1 N–H and O–H groups in total. The van der Waals surface area contributed by atoms with Crippen LogP contribution >= 0.6 is 0 Å². The van der Waals surface area contributed by atoms with Gasteiger partial charge >= 0.3 is 0 Å². The van der Waals surface area contributed by atoms with Crippen LogP contribution in [0.2, 0.25) is 0 Å². The van der Waals surface area contributed by atoms with Gasteiger partial charge in [-0.25, -0.2) is 4.39 Å². The SMILES string of the molecule is CCNCC1CC1(C)c1ccc(C)c(F)c1. The van der Waals surface area contributed by atoms with Crippen molar-refractivity contribution < 1.29 is 4.39 Å². The summed E-state index contributed by atoms with van der Waals surface area (Å²) in [6, 6.07) is 5.67. The first-order valence-corrected chi connectivity index (χ1v) is 6.05. The van der Waals surface area contributed by atoms with Crippen LogP contribution in [0.15, 0.2) is 18.2 Å². The first-order chi connectivity index (χ1) is 7.58. The highest BCUT2D eigenvalue weighted by Crippen LogP contribution is 2.53. The Morgan fingerprint density at radius 1 is 1.50 bits per heavy atom. The lowest BCUT2D eigenvalue weighted by molar-refractivity contribution is 0.580. The lowest BCUT2D eigenvalue weighted by Gasteiger charge is -2.13. The average molecular weight is 221 g/mol. The summed E-state index contributed by atoms with van der Waals surface area (Å²) in [4.78, 5) is 0. The molecular formula is C14H20FN. The Kier molecular flexibility index (Phi) is 3.02. The maximum absolute atomic E-state index is 13.5. The van der Waals surface area contributed by atoms with E-state index < -0.39 is 0 Å². The molecule has 0 saturated heterocycles. The molecule has 1 aromatic rings. The Bertz CT molecular complexity index is 388. The molecule has 16 heavy (non-hydrogen) atoms. The molecule has 0 heterocycles. The monoisotopic (exact) mass is 221 g/mol. The van der Waals surface area contributed by atoms with Crippen molar-refractivity contribution >= 4 is 0 Å². The lowest BCUT2D eigenvalue weighted by atomic mass is 9.94. The first kappa shape index (κ1) is 11.6. The van der Waals surface area contributed by atoms with Crippen LogP contribution in [0, 0.1) is 18.7 Å². The van der Waals surface area contributed by atoms with Crippen molar-refractivity contribution in [2.45, 2.75) is 32.6 Å². The van der Waals surface area contributed by atoms with Gasteiger partial charge in [-0.2, -0.15) is 0 Å². The Balaban J connectivity index is 2.10. The van der Waals surface area contributed by atoms with Crippen LogP contribution in [0.4, 0.5) is 4.39 Å². The van der Waals surface area contributed by atoms with Gasteiger partial charge in [0.05, 0.1) is 0 Å². The zero-order valence-corrected chi connectivity index (χ0v) is 10.3. The number of halogens is 1. The zero-order chi connectivity index (χ0) is 11.8. The van der Waals surface area contributed by atoms with E-state index >= 15 is 0 Å². The van der Waals surface area contributed by atoms with Crippen molar-refractivity contribution in [3.63, 3.8) is 0 Å². The van der Waals surface area contributed by atoms with Crippen molar-refractivity contribution in [3.8, 4) is 0 Å². The standard InChI is InChI=1S/C14H20FN/c1-4-16-9-12-8-14(12,3)11-6-5-10(2)13(15)7-11/h5-7,12,16H,4,8-9H2,1-3H3. The summed E-state index contributed by atoms with van der Waals surface area (Å²) in [5.41, 5.74) is 2.08. The van der Waals surface area contributed by atoms with Crippen LogP contribution in [-0.4, -0.2) is 13.1 Å². The molecule has 0 bridgehead atoms. The van der Waals surface area contributed by atoms with Crippen LogP contribution in [0.1, 0.15) is 31.4 Å². The van der Waals surface area contributed by atoms with Gasteiger partial charge in [-0.3, -0.25) is 0 Å². The predicted octanol–water partition coefficient (Wildman–Crippen LogP) is 3.02. The molecule has 1 aliphatic rings. The summed E-state index contributed by atoms with van der Waals surface area (Å²) in [5.74, 6) is 0.586. The van der Waals surface area contributed by atoms with Crippen molar-refractivity contribution in [1.29, 1.82) is 0 Å². The van der Waals surface area contributed by atoms with Gasteiger partial charge in [0.2, 0.25) is 0 Å². The highest BCUT2D eigenvalue weighted by molar-refractivity contribution is 5.35. The van der Waals surface area contributed by atoms with E-state index in [1.54, 1.807) is 6.07 Å². The minimum atomic E-state index is -0.0761. The maximum atomic E-state index is 13.5. The van der Waals surface area contributed by atoms with Gasteiger partial charge in [0.1, 0.15) is 5.82 Å². The van der Waals surface area contributed by atoms with Crippen molar-refractivity contribution in [3.05, 3.63) is 35.1 Å². The topological polar surface area (TPSA) is 12.0 Å². The quantitative estimate of drug-likeness (QED) is 0.824. The minimum absolute atomic E-state index is 0.0761. The molecule has 2 unspecified atom stereocenters. The fourth-order valence-corrected chi connectivity index (χ4v) is 2.37. The third-order valence-electron chi connectivity index (χ3n) is 3.88. The van der Waals surface area contributed by atoms with E-state index in [1.807, 2.05) is 13.0 Å². The summed E-state index contributed by atoms with van der Waals surface area (Å²) in [5, 5.41) is 3.37. The molecule has 2 rings (SSSR count). The molecule has 0 radical (unpaired) electrons. The normalized spacial score (nSPS) is 28.1. The second-order valence-electron chi connectivity index (χ2n) is 5.09. The molecule has 1 nitrogen and oxygen atoms in total. The molecule has 2 heteroatoms. The van der Waals surface area contributed by atoms with Gasteiger partial charge in [0.25, 0.3) is 0 Å². The zero-order valence-electron chi connectivity index (χ0n) is 10.3. The first-order valence-electron chi connectivity index (χ1n) is 6.05. The summed E-state index contributed by atoms with van der Waals surface area (Å²) < 4.78 is 13.5. The molecule has 0 spiro atoms. The highest BCUT2D eigenvalue weighted by atomic mass is 19.1. The number of benzene rings is 1. The van der Waals surface area contributed by atoms with E-state index in [2.05, 4.69) is 25.2 Å². The third-order valence-corrected chi connectivity index (χ3v) is 3.88. The van der Waals surface area contributed by atoms with E-state index in [1.165, 1.54) is 6.42 Å². The lowest BCUT2D eigenvalue weighted by Crippen LogP contribution is -2.19. The Labute approximate surface area is 97.1 Å². The largest absolute Gasteiger partial charge is 0.317 e. The van der Waals surface area contributed by atoms with Crippen LogP contribution in [0.5, 0.6) is 0 Å². The number of hydrogen-bond acceptors (Lipinski definition) is 1. The maximum Gasteiger partial charge on any atom is 0.126 e. The van der Waals surface area contributed by atoms with E-state index in [9.17, 15) is 4.39 Å². The smallest absolute Gasteiger partial charge is 0.126 e. The Morgan fingerprint density at radius 3 is 2.88 bits per heavy atom. The van der Waals surface area contributed by atoms with Crippen LogP contribution < -0.4 is 5.32 Å². The summed E-state index contributed by atoms with van der Waals surface area (Å²) in [6.45, 7) is 8.21. The minimum Gasteiger partial charge on any atom is -0.317 e. The number of aryl methyl sites for hydroxylation is 1. The van der Waals surface area contributed by atoms with Gasteiger partial charge < -0.3 is 5.32 Å². The number of nitrogens with one attached hydrogen (secondary N) is 1. The van der Waals surface area contributed by atoms with Crippen molar-refractivity contribution in [2.24, 2.45) is 5.92 Å². The molecule has 1 fully saturated rings. The average Bonchev–Trinajstić information content (AvgIpc) is 2.92. The molecular weight excluding hydrogens is 201 g/mol. The van der Waals surface area contributed by atoms with Gasteiger partial charge in [-0.05, 0) is 55.0 Å². The molecule has 0 amide bonds. The van der Waals surface area contributed by atoms with Gasteiger partial charge in [-0.1, -0.05) is 26.0 Å². The van der Waals surface area contributed by atoms with Crippen molar-refractivity contribution in [2.75, 3.05) is 13.1 Å². The number of hydrogen-bond donors (Lipinski definition) is 1.